The SMILES string of the molecule is C#CCOc1c2cccc1Cc1cccc(c1O)Cc1cccc(c1OCc1cc(-c3ccccc3)no1)Cc1cccc(c1O)C2. The first-order chi connectivity index (χ1) is 23.1. The van der Waals surface area contributed by atoms with Gasteiger partial charge in [-0.2, -0.15) is 0 Å². The zero-order valence-corrected chi connectivity index (χ0v) is 25.8. The van der Waals surface area contributed by atoms with Gasteiger partial charge in [0.15, 0.2) is 5.76 Å². The molecule has 232 valence electrons. The highest BCUT2D eigenvalue weighted by atomic mass is 16.5. The van der Waals surface area contributed by atoms with Crippen LogP contribution < -0.4 is 9.47 Å². The van der Waals surface area contributed by atoms with Gasteiger partial charge in [-0.25, -0.2) is 0 Å². The number of hydrogen-bond acceptors (Lipinski definition) is 6. The average molecular weight is 620 g/mol. The van der Waals surface area contributed by atoms with Gasteiger partial charge in [0.1, 0.15) is 41.9 Å². The lowest BCUT2D eigenvalue weighted by molar-refractivity contribution is 0.246. The standard InChI is InChI=1S/C41H33NO5/c1-2-20-45-40-32-16-8-17-33(40)22-29-13-7-15-31(39(29)44)24-35-19-9-18-34(23-30-14-6-12-28(21-32)38(30)43)41(35)46-26-36-25-37(42-47-36)27-10-4-3-5-11-27/h1,3-19,25,43-44H,20-24,26H2. The number of rotatable bonds is 6. The molecule has 1 aromatic heterocycles. The summed E-state index contributed by atoms with van der Waals surface area (Å²) in [5, 5.41) is 27.4. The van der Waals surface area contributed by atoms with Crippen molar-refractivity contribution in [1.29, 1.82) is 0 Å². The van der Waals surface area contributed by atoms with Crippen LogP contribution in [0.4, 0.5) is 0 Å². The van der Waals surface area contributed by atoms with Gasteiger partial charge in [0.2, 0.25) is 0 Å². The Hall–Kier alpha value is -5.93. The van der Waals surface area contributed by atoms with E-state index in [-0.39, 0.29) is 24.7 Å². The van der Waals surface area contributed by atoms with E-state index in [0.29, 0.717) is 42.9 Å². The molecule has 1 aliphatic carbocycles. The summed E-state index contributed by atoms with van der Waals surface area (Å²) < 4.78 is 18.3. The van der Waals surface area contributed by atoms with Crippen LogP contribution in [0.3, 0.4) is 0 Å². The first kappa shape index (κ1) is 29.8. The number of ether oxygens (including phenoxy) is 2. The van der Waals surface area contributed by atoms with Crippen molar-refractivity contribution in [3.05, 3.63) is 159 Å². The molecule has 8 bridgehead atoms. The summed E-state index contributed by atoms with van der Waals surface area (Å²) in [4.78, 5) is 0. The zero-order valence-electron chi connectivity index (χ0n) is 25.8. The minimum Gasteiger partial charge on any atom is -0.507 e. The Bertz CT molecular complexity index is 2000. The van der Waals surface area contributed by atoms with E-state index < -0.39 is 0 Å². The molecule has 1 aliphatic rings. The van der Waals surface area contributed by atoms with Crippen LogP contribution in [-0.2, 0) is 32.3 Å². The van der Waals surface area contributed by atoms with E-state index in [1.165, 1.54) is 0 Å². The maximum Gasteiger partial charge on any atom is 0.174 e. The largest absolute Gasteiger partial charge is 0.507 e. The lowest BCUT2D eigenvalue weighted by Crippen LogP contribution is -2.06. The van der Waals surface area contributed by atoms with Crippen molar-refractivity contribution in [2.24, 2.45) is 0 Å². The highest BCUT2D eigenvalue weighted by Gasteiger charge is 2.20. The Morgan fingerprint density at radius 3 is 1.51 bits per heavy atom. The van der Waals surface area contributed by atoms with Gasteiger partial charge < -0.3 is 24.2 Å². The van der Waals surface area contributed by atoms with Crippen molar-refractivity contribution < 1.29 is 24.2 Å². The molecule has 6 aromatic rings. The predicted octanol–water partition coefficient (Wildman–Crippen LogP) is 8.02. The van der Waals surface area contributed by atoms with Gasteiger partial charge in [-0.05, 0) is 44.5 Å². The molecule has 0 unspecified atom stereocenters. The molecule has 2 N–H and O–H groups in total. The van der Waals surface area contributed by atoms with Gasteiger partial charge in [-0.15, -0.1) is 6.42 Å². The fraction of sp³-hybridized carbons (Fsp3) is 0.146. The Morgan fingerprint density at radius 1 is 0.596 bits per heavy atom. The van der Waals surface area contributed by atoms with Crippen LogP contribution in [-0.4, -0.2) is 22.0 Å². The Morgan fingerprint density at radius 2 is 1.04 bits per heavy atom. The summed E-state index contributed by atoms with van der Waals surface area (Å²) >= 11 is 0. The molecule has 0 aliphatic heterocycles. The van der Waals surface area contributed by atoms with E-state index >= 15 is 0 Å². The average Bonchev–Trinajstić information content (AvgIpc) is 3.57. The van der Waals surface area contributed by atoms with Gasteiger partial charge in [-0.3, -0.25) is 0 Å². The summed E-state index contributed by atoms with van der Waals surface area (Å²) in [6, 6.07) is 35.4. The topological polar surface area (TPSA) is 85.0 Å². The quantitative estimate of drug-likeness (QED) is 0.184. The summed E-state index contributed by atoms with van der Waals surface area (Å²) in [6.45, 7) is 0.276. The smallest absolute Gasteiger partial charge is 0.174 e. The number of phenolic OH excluding ortho intramolecular Hbond substituents is 2. The second-order valence-corrected chi connectivity index (χ2v) is 11.7. The first-order valence-electron chi connectivity index (χ1n) is 15.6. The van der Waals surface area contributed by atoms with Crippen LogP contribution in [0.1, 0.15) is 50.3 Å². The van der Waals surface area contributed by atoms with E-state index in [0.717, 1.165) is 55.8 Å². The highest BCUT2D eigenvalue weighted by Crippen LogP contribution is 2.38. The van der Waals surface area contributed by atoms with Crippen molar-refractivity contribution in [1.82, 2.24) is 5.16 Å². The number of fused-ring (bicyclic) bond motifs is 8. The van der Waals surface area contributed by atoms with Gasteiger partial charge in [0, 0.05) is 37.3 Å². The molecule has 0 saturated heterocycles. The third-order valence-corrected chi connectivity index (χ3v) is 8.57. The third-order valence-electron chi connectivity index (χ3n) is 8.57. The minimum absolute atomic E-state index is 0.112. The van der Waals surface area contributed by atoms with Gasteiger partial charge in [0.25, 0.3) is 0 Å². The van der Waals surface area contributed by atoms with Crippen molar-refractivity contribution in [2.75, 3.05) is 6.61 Å². The number of benzene rings is 5. The normalized spacial score (nSPS) is 12.2. The van der Waals surface area contributed by atoms with Crippen LogP contribution in [0.25, 0.3) is 11.3 Å². The van der Waals surface area contributed by atoms with Crippen LogP contribution in [0.2, 0.25) is 0 Å². The van der Waals surface area contributed by atoms with Crippen LogP contribution in [0, 0.1) is 12.3 Å². The number of hydrogen-bond donors (Lipinski definition) is 2. The fourth-order valence-electron chi connectivity index (χ4n) is 6.27. The van der Waals surface area contributed by atoms with E-state index in [1.54, 1.807) is 0 Å². The number of nitrogens with zero attached hydrogens (tertiary/aromatic N) is 1. The van der Waals surface area contributed by atoms with Crippen molar-refractivity contribution in [3.63, 3.8) is 0 Å². The molecule has 0 radical (unpaired) electrons. The van der Waals surface area contributed by atoms with Crippen LogP contribution >= 0.6 is 0 Å². The Balaban J connectivity index is 1.31. The molecule has 6 nitrogen and oxygen atoms in total. The van der Waals surface area contributed by atoms with Crippen molar-refractivity contribution >= 4 is 0 Å². The monoisotopic (exact) mass is 619 g/mol. The molecule has 0 spiro atoms. The molecule has 47 heavy (non-hydrogen) atoms. The molecule has 0 saturated carbocycles. The van der Waals surface area contributed by atoms with E-state index in [4.69, 9.17) is 20.4 Å². The van der Waals surface area contributed by atoms with Crippen LogP contribution in [0.5, 0.6) is 23.0 Å². The maximum absolute atomic E-state index is 11.6. The number of aromatic nitrogens is 1. The van der Waals surface area contributed by atoms with Crippen LogP contribution in [0.15, 0.2) is 114 Å². The lowest BCUT2D eigenvalue weighted by atomic mass is 9.91. The third kappa shape index (κ3) is 6.29. The van der Waals surface area contributed by atoms with Gasteiger partial charge in [0.05, 0.1) is 0 Å². The molecule has 1 heterocycles. The fourth-order valence-corrected chi connectivity index (χ4v) is 6.27. The van der Waals surface area contributed by atoms with Gasteiger partial charge in [-0.1, -0.05) is 114 Å². The van der Waals surface area contributed by atoms with Gasteiger partial charge >= 0.3 is 0 Å². The second-order valence-electron chi connectivity index (χ2n) is 11.7. The molecular formula is C41H33NO5. The minimum atomic E-state index is 0.112. The molecule has 5 aromatic carbocycles. The van der Waals surface area contributed by atoms with E-state index in [1.807, 2.05) is 109 Å². The number of terminal acetylenes is 1. The second kappa shape index (κ2) is 13.2. The lowest BCUT2D eigenvalue weighted by Gasteiger charge is -2.20. The highest BCUT2D eigenvalue weighted by molar-refractivity contribution is 5.59. The maximum atomic E-state index is 11.6. The van der Waals surface area contributed by atoms with E-state index in [2.05, 4.69) is 11.1 Å². The molecule has 7 rings (SSSR count). The molecule has 0 fully saturated rings. The summed E-state index contributed by atoms with van der Waals surface area (Å²) in [7, 11) is 0. The summed E-state index contributed by atoms with van der Waals surface area (Å²) in [5.41, 5.74) is 8.41. The zero-order chi connectivity index (χ0) is 32.2. The Labute approximate surface area is 273 Å². The molecular weight excluding hydrogens is 586 g/mol. The van der Waals surface area contributed by atoms with Crippen molar-refractivity contribution in [2.45, 2.75) is 32.3 Å². The molecule has 0 amide bonds. The number of phenols is 2. The predicted molar refractivity (Wildman–Crippen MR) is 181 cm³/mol. The summed E-state index contributed by atoms with van der Waals surface area (Å²) in [5.74, 6) is 4.98. The first-order valence-corrected chi connectivity index (χ1v) is 15.6. The van der Waals surface area contributed by atoms with Crippen molar-refractivity contribution in [3.8, 4) is 46.6 Å². The van der Waals surface area contributed by atoms with E-state index in [9.17, 15) is 10.2 Å². The number of para-hydroxylation sites is 4. The molecule has 6 heteroatoms. The Kier molecular flexibility index (Phi) is 8.36. The summed E-state index contributed by atoms with van der Waals surface area (Å²) in [6.07, 6.45) is 7.32. The molecule has 0 atom stereocenters. The number of aromatic hydroxyl groups is 2.